The van der Waals surface area contributed by atoms with Crippen LogP contribution in [0.4, 0.5) is 18.9 Å². The van der Waals surface area contributed by atoms with Crippen molar-refractivity contribution < 1.29 is 22.8 Å². The number of halogens is 3. The summed E-state index contributed by atoms with van der Waals surface area (Å²) in [6, 6.07) is 23.3. The molecule has 0 saturated carbocycles. The minimum Gasteiger partial charge on any atom is -0.329 e. The quantitative estimate of drug-likeness (QED) is 0.247. The molecular weight excluding hydrogens is 515 g/mol. The Morgan fingerprint density at radius 1 is 0.900 bits per heavy atom. The molecule has 0 spiro atoms. The van der Waals surface area contributed by atoms with Crippen molar-refractivity contribution in [2.75, 3.05) is 18.0 Å². The second-order valence-corrected chi connectivity index (χ2v) is 10.0. The Balaban J connectivity index is 1.52. The number of rotatable bonds is 7. The van der Waals surface area contributed by atoms with Gasteiger partial charge >= 0.3 is 6.18 Å². The van der Waals surface area contributed by atoms with E-state index in [9.17, 15) is 22.8 Å². The maximum atomic E-state index is 14.2. The predicted molar refractivity (Wildman–Crippen MR) is 149 cm³/mol. The minimum absolute atomic E-state index is 0.111. The summed E-state index contributed by atoms with van der Waals surface area (Å²) in [5.74, 6) is -0.751. The third kappa shape index (κ3) is 5.26. The van der Waals surface area contributed by atoms with Crippen LogP contribution >= 0.6 is 0 Å². The first kappa shape index (κ1) is 27.2. The molecule has 5 rings (SSSR count). The van der Waals surface area contributed by atoms with Gasteiger partial charge in [0.05, 0.1) is 22.6 Å². The highest BCUT2D eigenvalue weighted by Crippen LogP contribution is 2.42. The second-order valence-electron chi connectivity index (χ2n) is 10.0. The molecule has 0 fully saturated rings. The number of para-hydroxylation sites is 2. The van der Waals surface area contributed by atoms with E-state index in [0.717, 1.165) is 46.7 Å². The number of amides is 2. The molecule has 0 saturated heterocycles. The zero-order valence-electron chi connectivity index (χ0n) is 22.4. The maximum absolute atomic E-state index is 14.2. The van der Waals surface area contributed by atoms with Gasteiger partial charge in [0, 0.05) is 18.3 Å². The van der Waals surface area contributed by atoms with Crippen molar-refractivity contribution in [3.05, 3.63) is 119 Å². The number of aromatic nitrogens is 1. The number of hydrogen-bond acceptors (Lipinski definition) is 2. The van der Waals surface area contributed by atoms with Gasteiger partial charge in [-0.1, -0.05) is 55.3 Å². The number of benzene rings is 3. The van der Waals surface area contributed by atoms with Crippen molar-refractivity contribution in [3.8, 4) is 5.69 Å². The van der Waals surface area contributed by atoms with Crippen LogP contribution in [0.5, 0.6) is 0 Å². The highest BCUT2D eigenvalue weighted by atomic mass is 19.4. The van der Waals surface area contributed by atoms with Crippen LogP contribution in [0.1, 0.15) is 58.5 Å². The Kier molecular flexibility index (Phi) is 7.52. The van der Waals surface area contributed by atoms with Crippen LogP contribution in [-0.2, 0) is 11.0 Å². The van der Waals surface area contributed by atoms with Gasteiger partial charge in [0.1, 0.15) is 12.6 Å². The summed E-state index contributed by atoms with van der Waals surface area (Å²) in [5, 5.41) is 0. The molecule has 3 aromatic carbocycles. The Labute approximate surface area is 231 Å². The average molecular weight is 546 g/mol. The van der Waals surface area contributed by atoms with Gasteiger partial charge in [-0.2, -0.15) is 13.2 Å². The predicted octanol–water partition coefficient (Wildman–Crippen LogP) is 7.18. The number of fused-ring (bicyclic) bond motifs is 3. The van der Waals surface area contributed by atoms with E-state index in [2.05, 4.69) is 10.6 Å². The number of carbonyl (C=O) groups excluding carboxylic acids is 2. The highest BCUT2D eigenvalue weighted by Gasteiger charge is 2.37. The largest absolute Gasteiger partial charge is 0.416 e. The SMILES string of the molecule is CCCCN(CC(=O)N1c2ccccc2-n2cccc2C1c1cccc(C)c1)C(=O)c1ccc(C(F)(F)F)cc1. The monoisotopic (exact) mass is 545 g/mol. The van der Waals surface area contributed by atoms with Crippen molar-refractivity contribution in [1.82, 2.24) is 9.47 Å². The minimum atomic E-state index is -4.50. The lowest BCUT2D eigenvalue weighted by atomic mass is 9.96. The number of nitrogens with zero attached hydrogens (tertiary/aromatic N) is 3. The normalized spacial score (nSPS) is 14.4. The van der Waals surface area contributed by atoms with Crippen LogP contribution in [0.3, 0.4) is 0 Å². The van der Waals surface area contributed by atoms with Crippen molar-refractivity contribution in [1.29, 1.82) is 0 Å². The molecule has 8 heteroatoms. The Bertz CT molecular complexity index is 1520. The zero-order valence-corrected chi connectivity index (χ0v) is 22.4. The van der Waals surface area contributed by atoms with Crippen LogP contribution < -0.4 is 4.90 Å². The average Bonchev–Trinajstić information content (AvgIpc) is 3.43. The number of aryl methyl sites for hydroxylation is 1. The summed E-state index contributed by atoms with van der Waals surface area (Å²) >= 11 is 0. The molecule has 1 unspecified atom stereocenters. The van der Waals surface area contributed by atoms with Gasteiger partial charge < -0.3 is 9.47 Å². The summed E-state index contributed by atoms with van der Waals surface area (Å²) in [6.45, 7) is 4.08. The fourth-order valence-electron chi connectivity index (χ4n) is 5.24. The van der Waals surface area contributed by atoms with Gasteiger partial charge in [-0.15, -0.1) is 0 Å². The second kappa shape index (κ2) is 11.0. The third-order valence-corrected chi connectivity index (χ3v) is 7.20. The molecule has 206 valence electrons. The number of alkyl halides is 3. The maximum Gasteiger partial charge on any atom is 0.416 e. The summed E-state index contributed by atoms with van der Waals surface area (Å²) < 4.78 is 41.3. The van der Waals surface area contributed by atoms with Crippen LogP contribution in [0.2, 0.25) is 0 Å². The molecular formula is C32H30F3N3O2. The molecule has 4 aromatic rings. The van der Waals surface area contributed by atoms with Gasteiger partial charge in [0.25, 0.3) is 5.91 Å². The lowest BCUT2D eigenvalue weighted by molar-refractivity contribution is -0.137. The lowest BCUT2D eigenvalue weighted by Gasteiger charge is -2.39. The van der Waals surface area contributed by atoms with E-state index in [4.69, 9.17) is 0 Å². The highest BCUT2D eigenvalue weighted by molar-refractivity contribution is 6.02. The van der Waals surface area contributed by atoms with E-state index < -0.39 is 23.7 Å². The summed E-state index contributed by atoms with van der Waals surface area (Å²) in [4.78, 5) is 30.9. The number of unbranched alkanes of at least 4 members (excludes halogenated alkanes) is 1. The van der Waals surface area contributed by atoms with E-state index in [-0.39, 0.29) is 18.0 Å². The summed E-state index contributed by atoms with van der Waals surface area (Å²) in [6.07, 6.45) is -1.08. The smallest absolute Gasteiger partial charge is 0.329 e. The topological polar surface area (TPSA) is 45.6 Å². The Hall–Kier alpha value is -4.33. The van der Waals surface area contributed by atoms with E-state index >= 15 is 0 Å². The molecule has 0 N–H and O–H groups in total. The number of carbonyl (C=O) groups is 2. The van der Waals surface area contributed by atoms with Crippen molar-refractivity contribution in [2.24, 2.45) is 0 Å². The fourth-order valence-corrected chi connectivity index (χ4v) is 5.24. The molecule has 1 aromatic heterocycles. The van der Waals surface area contributed by atoms with Crippen LogP contribution in [0, 0.1) is 6.92 Å². The number of anilines is 1. The first-order chi connectivity index (χ1) is 19.2. The molecule has 5 nitrogen and oxygen atoms in total. The first-order valence-corrected chi connectivity index (χ1v) is 13.3. The van der Waals surface area contributed by atoms with Gasteiger partial charge in [-0.05, 0) is 67.4 Å². The molecule has 2 amide bonds. The number of hydrogen-bond donors (Lipinski definition) is 0. The molecule has 2 heterocycles. The standard InChI is InChI=1S/C32H30F3N3O2/c1-3-4-18-36(31(40)23-14-16-25(17-15-23)32(33,34)35)21-29(39)38-27-12-6-5-11-26(27)37-19-8-13-28(37)30(38)24-10-7-9-22(2)20-24/h5-17,19-20,30H,3-4,18,21H2,1-2H3. The van der Waals surface area contributed by atoms with E-state index in [1.165, 1.54) is 17.0 Å². The third-order valence-electron chi connectivity index (χ3n) is 7.20. The van der Waals surface area contributed by atoms with Crippen LogP contribution in [0.25, 0.3) is 5.69 Å². The van der Waals surface area contributed by atoms with Gasteiger partial charge in [0.2, 0.25) is 5.91 Å². The van der Waals surface area contributed by atoms with Crippen molar-refractivity contribution in [2.45, 2.75) is 38.9 Å². The lowest BCUT2D eigenvalue weighted by Crippen LogP contribution is -2.47. The summed E-state index contributed by atoms with van der Waals surface area (Å²) in [5.41, 5.74) is 3.79. The molecule has 1 atom stereocenters. The molecule has 0 aliphatic carbocycles. The Morgan fingerprint density at radius 2 is 1.62 bits per heavy atom. The summed E-state index contributed by atoms with van der Waals surface area (Å²) in [7, 11) is 0. The van der Waals surface area contributed by atoms with Crippen molar-refractivity contribution >= 4 is 17.5 Å². The van der Waals surface area contributed by atoms with E-state index in [1.54, 1.807) is 4.90 Å². The van der Waals surface area contributed by atoms with Gasteiger partial charge in [-0.25, -0.2) is 0 Å². The van der Waals surface area contributed by atoms with Crippen molar-refractivity contribution in [3.63, 3.8) is 0 Å². The molecule has 1 aliphatic heterocycles. The van der Waals surface area contributed by atoms with Crippen LogP contribution in [-0.4, -0.2) is 34.4 Å². The molecule has 0 bridgehead atoms. The zero-order chi connectivity index (χ0) is 28.4. The Morgan fingerprint density at radius 3 is 2.30 bits per heavy atom. The van der Waals surface area contributed by atoms with Crippen LogP contribution in [0.15, 0.2) is 91.1 Å². The molecule has 0 radical (unpaired) electrons. The molecule has 40 heavy (non-hydrogen) atoms. The van der Waals surface area contributed by atoms with Gasteiger partial charge in [-0.3, -0.25) is 14.5 Å². The molecule has 1 aliphatic rings. The first-order valence-electron chi connectivity index (χ1n) is 13.3. The fraction of sp³-hybridized carbons (Fsp3) is 0.250. The van der Waals surface area contributed by atoms with E-state index in [1.807, 2.05) is 74.6 Å². The van der Waals surface area contributed by atoms with Gasteiger partial charge in [0.15, 0.2) is 0 Å². The van der Waals surface area contributed by atoms with E-state index in [0.29, 0.717) is 13.0 Å².